The van der Waals surface area contributed by atoms with Gasteiger partial charge in [0.25, 0.3) is 0 Å². The number of hydrogen-bond acceptors (Lipinski definition) is 3. The molecule has 3 nitrogen and oxygen atoms in total. The van der Waals surface area contributed by atoms with Crippen LogP contribution >= 0.6 is 0 Å². The lowest BCUT2D eigenvalue weighted by molar-refractivity contribution is -0.149. The summed E-state index contributed by atoms with van der Waals surface area (Å²) in [5.41, 5.74) is 0.109. The molecule has 1 fully saturated rings. The van der Waals surface area contributed by atoms with Crippen LogP contribution in [0.15, 0.2) is 24.3 Å². The van der Waals surface area contributed by atoms with Crippen molar-refractivity contribution in [2.24, 2.45) is 5.92 Å². The normalized spacial score (nSPS) is 26.4. The summed E-state index contributed by atoms with van der Waals surface area (Å²) in [5.74, 6) is -0.811. The van der Waals surface area contributed by atoms with E-state index in [9.17, 15) is 9.18 Å². The maximum Gasteiger partial charge on any atom is 0.311 e. The number of esters is 1. The van der Waals surface area contributed by atoms with Crippen LogP contribution < -0.4 is 5.32 Å². The first-order chi connectivity index (χ1) is 9.15. The summed E-state index contributed by atoms with van der Waals surface area (Å²) in [6.45, 7) is 5.28. The highest BCUT2D eigenvalue weighted by Gasteiger charge is 2.48. The molecule has 104 valence electrons. The first-order valence-electron chi connectivity index (χ1n) is 6.78. The van der Waals surface area contributed by atoms with Crippen LogP contribution in [-0.2, 0) is 14.9 Å². The number of halogens is 1. The molecular weight excluding hydrogens is 245 g/mol. The van der Waals surface area contributed by atoms with Gasteiger partial charge in [0.1, 0.15) is 5.82 Å². The van der Waals surface area contributed by atoms with Gasteiger partial charge in [-0.15, -0.1) is 0 Å². The van der Waals surface area contributed by atoms with Gasteiger partial charge in [0.15, 0.2) is 0 Å². The van der Waals surface area contributed by atoms with Crippen molar-refractivity contribution in [1.29, 1.82) is 0 Å². The lowest BCUT2D eigenvalue weighted by Gasteiger charge is -2.33. The Kier molecular flexibility index (Phi) is 4.20. The molecule has 0 bridgehead atoms. The highest BCUT2D eigenvalue weighted by Crippen LogP contribution is 2.40. The Morgan fingerprint density at radius 2 is 2.21 bits per heavy atom. The molecule has 2 rings (SSSR count). The zero-order chi connectivity index (χ0) is 13.9. The second-order valence-corrected chi connectivity index (χ2v) is 4.93. The fourth-order valence-electron chi connectivity index (χ4n) is 3.02. The van der Waals surface area contributed by atoms with E-state index >= 15 is 0 Å². The maximum atomic E-state index is 14.1. The topological polar surface area (TPSA) is 38.3 Å². The van der Waals surface area contributed by atoms with Crippen LogP contribution in [0.2, 0.25) is 0 Å². The SMILES string of the molecule is CCOC(=O)C1CNCC1(CC)c1ccccc1F. The van der Waals surface area contributed by atoms with E-state index in [4.69, 9.17) is 4.74 Å². The zero-order valence-electron chi connectivity index (χ0n) is 11.4. The van der Waals surface area contributed by atoms with Gasteiger partial charge in [0, 0.05) is 18.5 Å². The summed E-state index contributed by atoms with van der Waals surface area (Å²) < 4.78 is 19.3. The third kappa shape index (κ3) is 2.37. The third-order valence-electron chi connectivity index (χ3n) is 4.07. The fourth-order valence-corrected chi connectivity index (χ4v) is 3.02. The van der Waals surface area contributed by atoms with Crippen molar-refractivity contribution in [3.8, 4) is 0 Å². The van der Waals surface area contributed by atoms with E-state index < -0.39 is 5.41 Å². The van der Waals surface area contributed by atoms with Crippen molar-refractivity contribution >= 4 is 5.97 Å². The fraction of sp³-hybridized carbons (Fsp3) is 0.533. The number of hydrogen-bond donors (Lipinski definition) is 1. The van der Waals surface area contributed by atoms with Crippen molar-refractivity contribution in [2.75, 3.05) is 19.7 Å². The largest absolute Gasteiger partial charge is 0.466 e. The number of carbonyl (C=O) groups is 1. The number of carbonyl (C=O) groups excluding carboxylic acids is 1. The predicted molar refractivity (Wildman–Crippen MR) is 71.4 cm³/mol. The molecule has 0 radical (unpaired) electrons. The Morgan fingerprint density at radius 1 is 1.47 bits per heavy atom. The molecule has 0 aromatic heterocycles. The van der Waals surface area contributed by atoms with Crippen LogP contribution in [0.4, 0.5) is 4.39 Å². The third-order valence-corrected chi connectivity index (χ3v) is 4.07. The molecule has 0 amide bonds. The molecule has 1 aliphatic rings. The zero-order valence-corrected chi connectivity index (χ0v) is 11.4. The Morgan fingerprint density at radius 3 is 2.84 bits per heavy atom. The Hall–Kier alpha value is -1.42. The average Bonchev–Trinajstić information content (AvgIpc) is 2.84. The minimum absolute atomic E-state index is 0.238. The van der Waals surface area contributed by atoms with Gasteiger partial charge < -0.3 is 10.1 Å². The molecule has 2 unspecified atom stereocenters. The smallest absolute Gasteiger partial charge is 0.311 e. The van der Waals surface area contributed by atoms with E-state index in [1.54, 1.807) is 19.1 Å². The van der Waals surface area contributed by atoms with Crippen LogP contribution in [0.5, 0.6) is 0 Å². The molecule has 0 saturated carbocycles. The summed E-state index contributed by atoms with van der Waals surface area (Å²) in [4.78, 5) is 12.1. The number of benzene rings is 1. The molecule has 19 heavy (non-hydrogen) atoms. The first kappa shape index (κ1) is 14.0. The van der Waals surface area contributed by atoms with Gasteiger partial charge in [-0.25, -0.2) is 4.39 Å². The van der Waals surface area contributed by atoms with Crippen molar-refractivity contribution in [2.45, 2.75) is 25.7 Å². The number of ether oxygens (including phenoxy) is 1. The van der Waals surface area contributed by atoms with E-state index in [1.807, 2.05) is 13.0 Å². The lowest BCUT2D eigenvalue weighted by Crippen LogP contribution is -2.40. The summed E-state index contributed by atoms with van der Waals surface area (Å²) in [7, 11) is 0. The van der Waals surface area contributed by atoms with Gasteiger partial charge in [-0.2, -0.15) is 0 Å². The second-order valence-electron chi connectivity index (χ2n) is 4.93. The summed E-state index contributed by atoms with van der Waals surface area (Å²) >= 11 is 0. The van der Waals surface area contributed by atoms with Crippen molar-refractivity contribution in [3.63, 3.8) is 0 Å². The van der Waals surface area contributed by atoms with Gasteiger partial charge in [-0.05, 0) is 25.0 Å². The van der Waals surface area contributed by atoms with Gasteiger partial charge in [0.05, 0.1) is 12.5 Å². The molecule has 1 aliphatic heterocycles. The van der Waals surface area contributed by atoms with E-state index in [-0.39, 0.29) is 17.7 Å². The van der Waals surface area contributed by atoms with Crippen LogP contribution in [-0.4, -0.2) is 25.7 Å². The minimum Gasteiger partial charge on any atom is -0.466 e. The molecule has 1 aromatic carbocycles. The van der Waals surface area contributed by atoms with Crippen molar-refractivity contribution in [1.82, 2.24) is 5.32 Å². The Bertz CT molecular complexity index is 463. The first-order valence-corrected chi connectivity index (χ1v) is 6.78. The van der Waals surface area contributed by atoms with Crippen LogP contribution in [0.25, 0.3) is 0 Å². The van der Waals surface area contributed by atoms with E-state index in [2.05, 4.69) is 5.32 Å². The monoisotopic (exact) mass is 265 g/mol. The molecule has 1 saturated heterocycles. The predicted octanol–water partition coefficient (Wildman–Crippen LogP) is 2.26. The van der Waals surface area contributed by atoms with Gasteiger partial charge >= 0.3 is 5.97 Å². The van der Waals surface area contributed by atoms with Crippen molar-refractivity contribution < 1.29 is 13.9 Å². The van der Waals surface area contributed by atoms with E-state index in [1.165, 1.54) is 6.07 Å². The highest BCUT2D eigenvalue weighted by atomic mass is 19.1. The Labute approximate surface area is 113 Å². The van der Waals surface area contributed by atoms with Gasteiger partial charge in [-0.1, -0.05) is 25.1 Å². The molecule has 1 heterocycles. The van der Waals surface area contributed by atoms with E-state index in [0.29, 0.717) is 31.7 Å². The summed E-state index contributed by atoms with van der Waals surface area (Å²) in [5, 5.41) is 3.21. The molecule has 2 atom stereocenters. The van der Waals surface area contributed by atoms with E-state index in [0.717, 1.165) is 0 Å². The average molecular weight is 265 g/mol. The second kappa shape index (κ2) is 5.70. The Balaban J connectivity index is 2.41. The van der Waals surface area contributed by atoms with Crippen LogP contribution in [0.3, 0.4) is 0 Å². The quantitative estimate of drug-likeness (QED) is 0.849. The van der Waals surface area contributed by atoms with Gasteiger partial charge in [0.2, 0.25) is 0 Å². The standard InChI is InChI=1S/C15H20FNO2/c1-3-15(11-7-5-6-8-13(11)16)10-17-9-12(15)14(18)19-4-2/h5-8,12,17H,3-4,9-10H2,1-2H3. The molecule has 1 aromatic rings. The minimum atomic E-state index is -0.502. The van der Waals surface area contributed by atoms with Gasteiger partial charge in [-0.3, -0.25) is 4.79 Å². The lowest BCUT2D eigenvalue weighted by atomic mass is 9.70. The molecule has 0 spiro atoms. The molecule has 4 heteroatoms. The number of nitrogens with one attached hydrogen (secondary N) is 1. The summed E-state index contributed by atoms with van der Waals surface area (Å²) in [6, 6.07) is 6.71. The van der Waals surface area contributed by atoms with Crippen LogP contribution in [0.1, 0.15) is 25.8 Å². The number of rotatable bonds is 4. The van der Waals surface area contributed by atoms with Crippen molar-refractivity contribution in [3.05, 3.63) is 35.6 Å². The molecular formula is C15H20FNO2. The maximum absolute atomic E-state index is 14.1. The summed E-state index contributed by atoms with van der Waals surface area (Å²) in [6.07, 6.45) is 0.699. The highest BCUT2D eigenvalue weighted by molar-refractivity contribution is 5.75. The molecule has 1 N–H and O–H groups in total. The molecule has 0 aliphatic carbocycles. The van der Waals surface area contributed by atoms with Crippen LogP contribution in [0, 0.1) is 11.7 Å².